The first-order valence-corrected chi connectivity index (χ1v) is 8.26. The number of imidazole rings is 1. The largest absolute Gasteiger partial charge is 0.346 e. The van der Waals surface area contributed by atoms with Gasteiger partial charge in [-0.2, -0.15) is 0 Å². The fourth-order valence-corrected chi connectivity index (χ4v) is 3.02. The molecule has 0 aliphatic carbocycles. The van der Waals surface area contributed by atoms with Crippen LogP contribution in [0.3, 0.4) is 0 Å². The monoisotopic (exact) mass is 350 g/mol. The van der Waals surface area contributed by atoms with E-state index in [2.05, 4.69) is 15.3 Å². The van der Waals surface area contributed by atoms with E-state index in [9.17, 15) is 4.79 Å². The Kier molecular flexibility index (Phi) is 3.86. The first-order chi connectivity index (χ1) is 12.1. The molecule has 4 rings (SSSR count). The van der Waals surface area contributed by atoms with Crippen LogP contribution in [-0.2, 0) is 6.54 Å². The zero-order valence-electron chi connectivity index (χ0n) is 13.5. The van der Waals surface area contributed by atoms with Gasteiger partial charge in [0.05, 0.1) is 23.3 Å². The van der Waals surface area contributed by atoms with Crippen LogP contribution in [0.5, 0.6) is 0 Å². The van der Waals surface area contributed by atoms with Crippen LogP contribution in [0, 0.1) is 6.92 Å². The zero-order chi connectivity index (χ0) is 17.4. The van der Waals surface area contributed by atoms with Crippen molar-refractivity contribution in [2.75, 3.05) is 0 Å². The van der Waals surface area contributed by atoms with E-state index < -0.39 is 0 Å². The highest BCUT2D eigenvalue weighted by molar-refractivity contribution is 6.30. The van der Waals surface area contributed by atoms with Gasteiger partial charge < -0.3 is 9.72 Å². The summed E-state index contributed by atoms with van der Waals surface area (Å²) in [6.45, 7) is 2.36. The first kappa shape index (κ1) is 15.6. The number of aryl methyl sites for hydroxylation is 1. The van der Waals surface area contributed by atoms with E-state index in [1.54, 1.807) is 6.07 Å². The number of pyridine rings is 2. The normalized spacial score (nSPS) is 11.1. The number of hydrogen-bond acceptors (Lipinski definition) is 3. The number of carbonyl (C=O) groups excluding carboxylic acids is 1. The summed E-state index contributed by atoms with van der Waals surface area (Å²) in [6.07, 6.45) is 3.87. The molecule has 0 saturated carbocycles. The van der Waals surface area contributed by atoms with Gasteiger partial charge in [-0.25, -0.2) is 9.97 Å². The number of benzene rings is 1. The molecule has 0 bridgehead atoms. The highest BCUT2D eigenvalue weighted by Crippen LogP contribution is 2.20. The number of nitrogens with zero attached hydrogens (tertiary/aromatic N) is 3. The van der Waals surface area contributed by atoms with Crippen molar-refractivity contribution in [1.82, 2.24) is 19.7 Å². The number of rotatable bonds is 3. The van der Waals surface area contributed by atoms with Crippen molar-refractivity contribution < 1.29 is 4.79 Å². The van der Waals surface area contributed by atoms with Crippen LogP contribution < -0.4 is 5.32 Å². The number of amides is 1. The van der Waals surface area contributed by atoms with Gasteiger partial charge in [-0.3, -0.25) is 4.79 Å². The van der Waals surface area contributed by atoms with Crippen LogP contribution in [0.2, 0.25) is 5.15 Å². The highest BCUT2D eigenvalue weighted by Gasteiger charge is 2.13. The van der Waals surface area contributed by atoms with E-state index in [-0.39, 0.29) is 5.91 Å². The predicted octanol–water partition coefficient (Wildman–Crippen LogP) is 3.77. The number of halogens is 1. The maximum atomic E-state index is 12.6. The quantitative estimate of drug-likeness (QED) is 0.572. The Balaban J connectivity index is 1.59. The Morgan fingerprint density at radius 2 is 2.04 bits per heavy atom. The topological polar surface area (TPSA) is 59.3 Å². The van der Waals surface area contributed by atoms with Crippen molar-refractivity contribution in [2.45, 2.75) is 13.5 Å². The highest BCUT2D eigenvalue weighted by atomic mass is 35.5. The minimum atomic E-state index is -0.200. The molecule has 1 aromatic carbocycles. The van der Waals surface area contributed by atoms with Gasteiger partial charge in [-0.15, -0.1) is 0 Å². The number of nitrogens with one attached hydrogen (secondary N) is 1. The Bertz CT molecular complexity index is 1100. The van der Waals surface area contributed by atoms with Gasteiger partial charge >= 0.3 is 0 Å². The molecule has 5 nitrogen and oxygen atoms in total. The van der Waals surface area contributed by atoms with Gasteiger partial charge in [0.25, 0.3) is 5.91 Å². The van der Waals surface area contributed by atoms with E-state index >= 15 is 0 Å². The third-order valence-corrected chi connectivity index (χ3v) is 4.22. The molecule has 0 fully saturated rings. The summed E-state index contributed by atoms with van der Waals surface area (Å²) < 4.78 is 1.94. The molecular formula is C19H15ClN4O. The smallest absolute Gasteiger partial charge is 0.252 e. The van der Waals surface area contributed by atoms with E-state index in [4.69, 9.17) is 11.6 Å². The summed E-state index contributed by atoms with van der Waals surface area (Å²) in [4.78, 5) is 21.4. The van der Waals surface area contributed by atoms with Gasteiger partial charge in [-0.05, 0) is 36.8 Å². The lowest BCUT2D eigenvalue weighted by Crippen LogP contribution is -2.23. The molecule has 6 heteroatoms. The van der Waals surface area contributed by atoms with Crippen LogP contribution in [0.15, 0.2) is 54.9 Å². The average Bonchev–Trinajstić information content (AvgIpc) is 3.00. The molecule has 0 saturated heterocycles. The van der Waals surface area contributed by atoms with Crippen LogP contribution in [0.1, 0.15) is 21.6 Å². The SMILES string of the molecule is Cc1ccn2cc(CNC(=O)c3cc(Cl)nc4ccccc34)nc2c1. The molecule has 0 spiro atoms. The third-order valence-electron chi connectivity index (χ3n) is 4.03. The summed E-state index contributed by atoms with van der Waals surface area (Å²) in [6, 6.07) is 13.0. The Morgan fingerprint density at radius 3 is 2.92 bits per heavy atom. The van der Waals surface area contributed by atoms with Crippen LogP contribution in [0.4, 0.5) is 0 Å². The Hall–Kier alpha value is -2.92. The molecule has 0 radical (unpaired) electrons. The average molecular weight is 351 g/mol. The lowest BCUT2D eigenvalue weighted by molar-refractivity contribution is 0.0952. The van der Waals surface area contributed by atoms with Crippen molar-refractivity contribution in [1.29, 1.82) is 0 Å². The Morgan fingerprint density at radius 1 is 1.20 bits per heavy atom. The van der Waals surface area contributed by atoms with Gasteiger partial charge in [0, 0.05) is 17.8 Å². The summed E-state index contributed by atoms with van der Waals surface area (Å²) in [5.41, 5.74) is 4.01. The number of carbonyl (C=O) groups is 1. The summed E-state index contributed by atoms with van der Waals surface area (Å²) >= 11 is 6.05. The minimum absolute atomic E-state index is 0.200. The fourth-order valence-electron chi connectivity index (χ4n) is 2.82. The van der Waals surface area contributed by atoms with E-state index in [1.165, 1.54) is 0 Å². The molecule has 124 valence electrons. The maximum Gasteiger partial charge on any atom is 0.252 e. The van der Waals surface area contributed by atoms with E-state index in [0.29, 0.717) is 22.8 Å². The zero-order valence-corrected chi connectivity index (χ0v) is 14.3. The van der Waals surface area contributed by atoms with Crippen LogP contribution in [-0.4, -0.2) is 20.3 Å². The van der Waals surface area contributed by atoms with E-state index in [0.717, 1.165) is 22.3 Å². The van der Waals surface area contributed by atoms with Gasteiger partial charge in [0.1, 0.15) is 10.8 Å². The maximum absolute atomic E-state index is 12.6. The number of aromatic nitrogens is 3. The summed E-state index contributed by atoms with van der Waals surface area (Å²) in [7, 11) is 0. The molecular weight excluding hydrogens is 336 g/mol. The summed E-state index contributed by atoms with van der Waals surface area (Å²) in [5.74, 6) is -0.200. The van der Waals surface area contributed by atoms with Crippen LogP contribution in [0.25, 0.3) is 16.6 Å². The summed E-state index contributed by atoms with van der Waals surface area (Å²) in [5, 5.41) is 3.98. The van der Waals surface area contributed by atoms with E-state index in [1.807, 2.05) is 60.1 Å². The van der Waals surface area contributed by atoms with Crippen molar-refractivity contribution in [3.05, 3.63) is 76.8 Å². The lowest BCUT2D eigenvalue weighted by Gasteiger charge is -2.07. The molecule has 0 unspecified atom stereocenters. The van der Waals surface area contributed by atoms with Gasteiger partial charge in [-0.1, -0.05) is 29.8 Å². The second-order valence-electron chi connectivity index (χ2n) is 5.89. The van der Waals surface area contributed by atoms with Crippen molar-refractivity contribution in [3.8, 4) is 0 Å². The molecule has 0 aliphatic rings. The molecule has 3 aromatic heterocycles. The molecule has 25 heavy (non-hydrogen) atoms. The van der Waals surface area contributed by atoms with Crippen molar-refractivity contribution >= 4 is 34.1 Å². The second-order valence-corrected chi connectivity index (χ2v) is 6.28. The van der Waals surface area contributed by atoms with Gasteiger partial charge in [0.15, 0.2) is 0 Å². The standard InChI is InChI=1S/C19H15ClN4O/c1-12-6-7-24-11-13(22-18(24)8-12)10-21-19(25)15-9-17(20)23-16-5-3-2-4-14(15)16/h2-9,11H,10H2,1H3,(H,21,25). The van der Waals surface area contributed by atoms with Gasteiger partial charge in [0.2, 0.25) is 0 Å². The van der Waals surface area contributed by atoms with Crippen LogP contribution >= 0.6 is 11.6 Å². The lowest BCUT2D eigenvalue weighted by atomic mass is 10.1. The minimum Gasteiger partial charge on any atom is -0.346 e. The predicted molar refractivity (Wildman–Crippen MR) is 97.9 cm³/mol. The molecule has 1 amide bonds. The van der Waals surface area contributed by atoms with Crippen molar-refractivity contribution in [2.24, 2.45) is 0 Å². The number of fused-ring (bicyclic) bond motifs is 2. The molecule has 0 aliphatic heterocycles. The first-order valence-electron chi connectivity index (χ1n) is 7.88. The fraction of sp³-hybridized carbons (Fsp3) is 0.105. The second kappa shape index (κ2) is 6.18. The molecule has 3 heterocycles. The third kappa shape index (κ3) is 3.06. The Labute approximate surface area is 149 Å². The molecule has 0 atom stereocenters. The molecule has 1 N–H and O–H groups in total. The molecule has 4 aromatic rings. The number of para-hydroxylation sites is 1. The van der Waals surface area contributed by atoms with Crippen molar-refractivity contribution in [3.63, 3.8) is 0 Å². The number of hydrogen-bond donors (Lipinski definition) is 1.